The molecule has 0 amide bonds. The molecule has 1 aromatic heterocycles. The number of anilines is 1. The third-order valence-corrected chi connectivity index (χ3v) is 4.86. The van der Waals surface area contributed by atoms with Gasteiger partial charge in [0.25, 0.3) is 0 Å². The van der Waals surface area contributed by atoms with Crippen LogP contribution in [0.5, 0.6) is 5.75 Å². The van der Waals surface area contributed by atoms with Gasteiger partial charge in [-0.2, -0.15) is 0 Å². The summed E-state index contributed by atoms with van der Waals surface area (Å²) >= 11 is 0. The van der Waals surface area contributed by atoms with Crippen LogP contribution in [0.15, 0.2) is 60.9 Å². The predicted octanol–water partition coefficient (Wildman–Crippen LogP) is 2.19. The largest absolute Gasteiger partial charge is 0.490 e. The van der Waals surface area contributed by atoms with Crippen LogP contribution in [-0.2, 0) is 0 Å². The smallest absolute Gasteiger partial charge is 0.225 e. The summed E-state index contributed by atoms with van der Waals surface area (Å²) in [6, 6.07) is 15.9. The Balaban J connectivity index is 1.27. The van der Waals surface area contributed by atoms with E-state index >= 15 is 0 Å². The number of fused-ring (bicyclic) bond motifs is 1. The van der Waals surface area contributed by atoms with Crippen molar-refractivity contribution in [3.63, 3.8) is 0 Å². The van der Waals surface area contributed by atoms with Gasteiger partial charge < -0.3 is 14.7 Å². The Labute approximate surface area is 159 Å². The van der Waals surface area contributed by atoms with E-state index in [1.54, 1.807) is 12.4 Å². The van der Waals surface area contributed by atoms with Gasteiger partial charge >= 0.3 is 0 Å². The van der Waals surface area contributed by atoms with Crippen LogP contribution in [0, 0.1) is 0 Å². The van der Waals surface area contributed by atoms with Crippen molar-refractivity contribution < 1.29 is 9.84 Å². The molecule has 0 spiro atoms. The highest BCUT2D eigenvalue weighted by atomic mass is 16.5. The van der Waals surface area contributed by atoms with Crippen molar-refractivity contribution in [1.29, 1.82) is 0 Å². The summed E-state index contributed by atoms with van der Waals surface area (Å²) < 4.78 is 5.91. The zero-order valence-electron chi connectivity index (χ0n) is 15.2. The highest BCUT2D eigenvalue weighted by Gasteiger charge is 2.21. The third kappa shape index (κ3) is 4.35. The van der Waals surface area contributed by atoms with Crippen LogP contribution < -0.4 is 9.64 Å². The van der Waals surface area contributed by atoms with Crippen LogP contribution in [0.3, 0.4) is 0 Å². The lowest BCUT2D eigenvalue weighted by Crippen LogP contribution is -2.49. The van der Waals surface area contributed by atoms with Crippen LogP contribution in [0.2, 0.25) is 0 Å². The number of aliphatic hydroxyl groups excluding tert-OH is 1. The molecule has 4 rings (SSSR count). The first-order valence-corrected chi connectivity index (χ1v) is 9.32. The topological polar surface area (TPSA) is 61.7 Å². The summed E-state index contributed by atoms with van der Waals surface area (Å²) in [6.07, 6.45) is 3.01. The number of piperazine rings is 1. The Hall–Kier alpha value is -2.70. The van der Waals surface area contributed by atoms with Gasteiger partial charge in [0.15, 0.2) is 0 Å². The van der Waals surface area contributed by atoms with Gasteiger partial charge in [-0.05, 0) is 17.5 Å². The molecular weight excluding hydrogens is 340 g/mol. The van der Waals surface area contributed by atoms with Gasteiger partial charge in [-0.25, -0.2) is 9.97 Å². The van der Waals surface area contributed by atoms with Gasteiger partial charge in [0.2, 0.25) is 5.95 Å². The molecule has 0 aliphatic carbocycles. The van der Waals surface area contributed by atoms with E-state index in [4.69, 9.17) is 4.74 Å². The Kier molecular flexibility index (Phi) is 5.46. The zero-order chi connectivity index (χ0) is 18.5. The number of hydrogen-bond acceptors (Lipinski definition) is 6. The molecule has 0 saturated carbocycles. The molecule has 2 heterocycles. The molecule has 6 nitrogen and oxygen atoms in total. The number of ether oxygens (including phenoxy) is 1. The van der Waals surface area contributed by atoms with E-state index in [1.807, 2.05) is 36.4 Å². The van der Waals surface area contributed by atoms with Crippen LogP contribution >= 0.6 is 0 Å². The maximum atomic E-state index is 10.4. The van der Waals surface area contributed by atoms with E-state index in [0.717, 1.165) is 48.6 Å². The molecule has 1 aliphatic heterocycles. The average molecular weight is 364 g/mol. The molecule has 1 atom stereocenters. The SMILES string of the molecule is OC(COc1cccc2ccccc12)CN1CCN(c2ncccn2)CC1. The van der Waals surface area contributed by atoms with Gasteiger partial charge in [0, 0.05) is 50.5 Å². The van der Waals surface area contributed by atoms with E-state index in [1.165, 1.54) is 0 Å². The number of benzene rings is 2. The van der Waals surface area contributed by atoms with E-state index in [9.17, 15) is 5.11 Å². The minimum Gasteiger partial charge on any atom is -0.490 e. The average Bonchev–Trinajstić information content (AvgIpc) is 2.73. The van der Waals surface area contributed by atoms with E-state index in [0.29, 0.717) is 6.54 Å². The van der Waals surface area contributed by atoms with Crippen molar-refractivity contribution in [1.82, 2.24) is 14.9 Å². The zero-order valence-corrected chi connectivity index (χ0v) is 15.2. The summed E-state index contributed by atoms with van der Waals surface area (Å²) in [6.45, 7) is 4.37. The highest BCUT2D eigenvalue weighted by Crippen LogP contribution is 2.25. The van der Waals surface area contributed by atoms with Gasteiger partial charge in [-0.1, -0.05) is 36.4 Å². The van der Waals surface area contributed by atoms with Crippen molar-refractivity contribution in [2.45, 2.75) is 6.10 Å². The fourth-order valence-electron chi connectivity index (χ4n) is 3.44. The molecule has 0 radical (unpaired) electrons. The molecule has 1 aliphatic rings. The number of aromatic nitrogens is 2. The molecule has 27 heavy (non-hydrogen) atoms. The molecule has 1 fully saturated rings. The van der Waals surface area contributed by atoms with Crippen molar-refractivity contribution in [2.75, 3.05) is 44.2 Å². The van der Waals surface area contributed by atoms with Crippen LogP contribution in [0.1, 0.15) is 0 Å². The van der Waals surface area contributed by atoms with Crippen LogP contribution in [-0.4, -0.2) is 65.4 Å². The van der Waals surface area contributed by atoms with Crippen molar-refractivity contribution >= 4 is 16.7 Å². The first kappa shape index (κ1) is 17.7. The Morgan fingerprint density at radius 2 is 1.67 bits per heavy atom. The Morgan fingerprint density at radius 1 is 0.926 bits per heavy atom. The number of β-amino-alcohol motifs (C(OH)–C–C–N with tert-alkyl or cyclic N) is 1. The number of hydrogen-bond donors (Lipinski definition) is 1. The standard InChI is InChI=1S/C21H24N4O2/c26-18(16-27-20-8-3-6-17-5-1-2-7-19(17)20)15-24-11-13-25(14-12-24)21-22-9-4-10-23-21/h1-10,18,26H,11-16H2. The summed E-state index contributed by atoms with van der Waals surface area (Å²) in [5, 5.41) is 12.6. The number of rotatable bonds is 6. The van der Waals surface area contributed by atoms with Gasteiger partial charge in [-0.3, -0.25) is 4.90 Å². The molecule has 0 bridgehead atoms. The first-order valence-electron chi connectivity index (χ1n) is 9.32. The maximum absolute atomic E-state index is 10.4. The molecule has 1 unspecified atom stereocenters. The minimum absolute atomic E-state index is 0.288. The quantitative estimate of drug-likeness (QED) is 0.724. The Morgan fingerprint density at radius 3 is 2.48 bits per heavy atom. The lowest BCUT2D eigenvalue weighted by molar-refractivity contribution is 0.0667. The molecular formula is C21H24N4O2. The fourth-order valence-corrected chi connectivity index (χ4v) is 3.44. The number of aliphatic hydroxyl groups is 1. The summed E-state index contributed by atoms with van der Waals surface area (Å²) in [7, 11) is 0. The molecule has 1 N–H and O–H groups in total. The molecule has 3 aromatic rings. The van der Waals surface area contributed by atoms with Gasteiger partial charge in [-0.15, -0.1) is 0 Å². The third-order valence-electron chi connectivity index (χ3n) is 4.86. The van der Waals surface area contributed by atoms with E-state index in [2.05, 4.69) is 31.9 Å². The first-order chi connectivity index (χ1) is 13.3. The highest BCUT2D eigenvalue weighted by molar-refractivity contribution is 5.88. The second-order valence-corrected chi connectivity index (χ2v) is 6.78. The van der Waals surface area contributed by atoms with E-state index < -0.39 is 6.10 Å². The summed E-state index contributed by atoms with van der Waals surface area (Å²) in [5.41, 5.74) is 0. The Bertz CT molecular complexity index is 861. The lowest BCUT2D eigenvalue weighted by Gasteiger charge is -2.35. The maximum Gasteiger partial charge on any atom is 0.225 e. The summed E-state index contributed by atoms with van der Waals surface area (Å²) in [5.74, 6) is 1.59. The van der Waals surface area contributed by atoms with Crippen LogP contribution in [0.25, 0.3) is 10.8 Å². The lowest BCUT2D eigenvalue weighted by atomic mass is 10.1. The number of nitrogens with zero attached hydrogens (tertiary/aromatic N) is 4. The van der Waals surface area contributed by atoms with Crippen molar-refractivity contribution in [2.24, 2.45) is 0 Å². The fraction of sp³-hybridized carbons (Fsp3) is 0.333. The van der Waals surface area contributed by atoms with Crippen LogP contribution in [0.4, 0.5) is 5.95 Å². The monoisotopic (exact) mass is 364 g/mol. The van der Waals surface area contributed by atoms with Crippen molar-refractivity contribution in [3.8, 4) is 5.75 Å². The molecule has 6 heteroatoms. The van der Waals surface area contributed by atoms with Gasteiger partial charge in [0.1, 0.15) is 18.5 Å². The van der Waals surface area contributed by atoms with E-state index in [-0.39, 0.29) is 6.61 Å². The molecule has 1 saturated heterocycles. The summed E-state index contributed by atoms with van der Waals surface area (Å²) in [4.78, 5) is 13.0. The normalized spacial score (nSPS) is 16.4. The van der Waals surface area contributed by atoms with Crippen molar-refractivity contribution in [3.05, 3.63) is 60.9 Å². The second-order valence-electron chi connectivity index (χ2n) is 6.78. The second kappa shape index (κ2) is 8.33. The molecule has 2 aromatic carbocycles. The molecule has 140 valence electrons. The minimum atomic E-state index is -0.525. The predicted molar refractivity (Wildman–Crippen MR) is 106 cm³/mol. The van der Waals surface area contributed by atoms with Gasteiger partial charge in [0.05, 0.1) is 0 Å².